The minimum atomic E-state index is -0.503. The van der Waals surface area contributed by atoms with Crippen molar-refractivity contribution in [1.29, 1.82) is 0 Å². The van der Waals surface area contributed by atoms with E-state index < -0.39 is 6.10 Å². The fourth-order valence-electron chi connectivity index (χ4n) is 2.55. The number of nitrogens with one attached hydrogen (secondary N) is 1. The first-order valence-corrected chi connectivity index (χ1v) is 6.84. The second-order valence-corrected chi connectivity index (χ2v) is 5.11. The van der Waals surface area contributed by atoms with Gasteiger partial charge in [0.15, 0.2) is 0 Å². The van der Waals surface area contributed by atoms with Crippen molar-refractivity contribution in [3.8, 4) is 0 Å². The first-order chi connectivity index (χ1) is 9.58. The summed E-state index contributed by atoms with van der Waals surface area (Å²) in [6.45, 7) is 1.91. The molecule has 0 spiro atoms. The van der Waals surface area contributed by atoms with Gasteiger partial charge < -0.3 is 15.3 Å². The standard InChI is InChI=1S/C15H20N2O3/c1-11(18)16-10-15(20)17-8-7-14(19)13(17)9-12-5-3-2-4-6-12/h2-6,13-14,19H,7-10H2,1H3,(H,16,18)/t13-,14-/m1/s1. The lowest BCUT2D eigenvalue weighted by Gasteiger charge is -2.26. The van der Waals surface area contributed by atoms with E-state index in [4.69, 9.17) is 0 Å². The maximum Gasteiger partial charge on any atom is 0.242 e. The highest BCUT2D eigenvalue weighted by Gasteiger charge is 2.35. The summed E-state index contributed by atoms with van der Waals surface area (Å²) in [5.41, 5.74) is 1.09. The maximum atomic E-state index is 12.1. The van der Waals surface area contributed by atoms with Crippen LogP contribution in [-0.2, 0) is 16.0 Å². The number of likely N-dealkylation sites (tertiary alicyclic amines) is 1. The van der Waals surface area contributed by atoms with Gasteiger partial charge in [-0.2, -0.15) is 0 Å². The molecule has 0 radical (unpaired) electrons. The van der Waals surface area contributed by atoms with Crippen LogP contribution in [0.5, 0.6) is 0 Å². The molecule has 2 N–H and O–H groups in total. The van der Waals surface area contributed by atoms with Crippen molar-refractivity contribution in [2.45, 2.75) is 31.9 Å². The van der Waals surface area contributed by atoms with E-state index in [1.807, 2.05) is 30.3 Å². The predicted octanol–water partition coefficient (Wildman–Crippen LogP) is 0.327. The van der Waals surface area contributed by atoms with E-state index in [1.54, 1.807) is 4.90 Å². The first-order valence-electron chi connectivity index (χ1n) is 6.84. The zero-order valence-electron chi connectivity index (χ0n) is 11.6. The molecule has 0 aliphatic carbocycles. The van der Waals surface area contributed by atoms with Gasteiger partial charge in [-0.25, -0.2) is 0 Å². The Kier molecular flexibility index (Phi) is 4.74. The molecule has 2 atom stereocenters. The van der Waals surface area contributed by atoms with Gasteiger partial charge in [-0.05, 0) is 18.4 Å². The summed E-state index contributed by atoms with van der Waals surface area (Å²) < 4.78 is 0. The third-order valence-electron chi connectivity index (χ3n) is 3.61. The van der Waals surface area contributed by atoms with Crippen molar-refractivity contribution in [2.24, 2.45) is 0 Å². The van der Waals surface area contributed by atoms with Gasteiger partial charge >= 0.3 is 0 Å². The molecule has 2 rings (SSSR count). The summed E-state index contributed by atoms with van der Waals surface area (Å²) >= 11 is 0. The predicted molar refractivity (Wildman–Crippen MR) is 75.0 cm³/mol. The fraction of sp³-hybridized carbons (Fsp3) is 0.467. The molecule has 1 aromatic rings. The number of benzene rings is 1. The Morgan fingerprint density at radius 2 is 2.05 bits per heavy atom. The van der Waals surface area contributed by atoms with Gasteiger partial charge in [0.1, 0.15) is 0 Å². The van der Waals surface area contributed by atoms with Crippen molar-refractivity contribution in [3.05, 3.63) is 35.9 Å². The van der Waals surface area contributed by atoms with Crippen LogP contribution in [0.4, 0.5) is 0 Å². The van der Waals surface area contributed by atoms with Gasteiger partial charge in [0.25, 0.3) is 0 Å². The van der Waals surface area contributed by atoms with Gasteiger partial charge in [0.2, 0.25) is 11.8 Å². The van der Waals surface area contributed by atoms with E-state index >= 15 is 0 Å². The van der Waals surface area contributed by atoms with Crippen LogP contribution in [0.25, 0.3) is 0 Å². The Balaban J connectivity index is 2.01. The molecule has 1 fully saturated rings. The number of nitrogens with zero attached hydrogens (tertiary/aromatic N) is 1. The minimum Gasteiger partial charge on any atom is -0.391 e. The Labute approximate surface area is 118 Å². The SMILES string of the molecule is CC(=O)NCC(=O)N1CC[C@@H](O)[C@H]1Cc1ccccc1. The lowest BCUT2D eigenvalue weighted by Crippen LogP contribution is -2.45. The van der Waals surface area contributed by atoms with Crippen LogP contribution in [0.3, 0.4) is 0 Å². The lowest BCUT2D eigenvalue weighted by atomic mass is 10.0. The van der Waals surface area contributed by atoms with Crippen molar-refractivity contribution < 1.29 is 14.7 Å². The summed E-state index contributed by atoms with van der Waals surface area (Å²) in [5.74, 6) is -0.365. The van der Waals surface area contributed by atoms with Crippen LogP contribution in [-0.4, -0.2) is 47.1 Å². The number of hydrogen-bond acceptors (Lipinski definition) is 3. The molecule has 1 aromatic carbocycles. The normalized spacial score (nSPS) is 21.8. The molecule has 5 heteroatoms. The highest BCUT2D eigenvalue weighted by atomic mass is 16.3. The van der Waals surface area contributed by atoms with Crippen LogP contribution in [0.2, 0.25) is 0 Å². The maximum absolute atomic E-state index is 12.1. The molecule has 1 saturated heterocycles. The van der Waals surface area contributed by atoms with Gasteiger partial charge in [-0.15, -0.1) is 0 Å². The molecule has 1 aliphatic rings. The van der Waals surface area contributed by atoms with Crippen molar-refractivity contribution in [2.75, 3.05) is 13.1 Å². The Bertz CT molecular complexity index is 475. The second-order valence-electron chi connectivity index (χ2n) is 5.11. The summed E-state index contributed by atoms with van der Waals surface area (Å²) in [6.07, 6.45) is 0.716. The van der Waals surface area contributed by atoms with Gasteiger partial charge in [0, 0.05) is 13.5 Å². The number of hydrogen-bond donors (Lipinski definition) is 2. The lowest BCUT2D eigenvalue weighted by molar-refractivity contribution is -0.133. The molecule has 1 heterocycles. The molecule has 108 valence electrons. The summed E-state index contributed by atoms with van der Waals surface area (Å²) in [6, 6.07) is 9.59. The van der Waals surface area contributed by atoms with Gasteiger partial charge in [-0.1, -0.05) is 30.3 Å². The number of aliphatic hydroxyl groups is 1. The third kappa shape index (κ3) is 3.57. The summed E-state index contributed by atoms with van der Waals surface area (Å²) in [7, 11) is 0. The molecular formula is C15H20N2O3. The molecule has 0 unspecified atom stereocenters. The number of aliphatic hydroxyl groups excluding tert-OH is 1. The van der Waals surface area contributed by atoms with Crippen molar-refractivity contribution in [1.82, 2.24) is 10.2 Å². The van der Waals surface area contributed by atoms with E-state index in [0.717, 1.165) is 5.56 Å². The number of carbonyl (C=O) groups is 2. The molecule has 20 heavy (non-hydrogen) atoms. The van der Waals surface area contributed by atoms with Crippen molar-refractivity contribution >= 4 is 11.8 Å². The van der Waals surface area contributed by atoms with Crippen LogP contribution >= 0.6 is 0 Å². The Morgan fingerprint density at radius 1 is 1.35 bits per heavy atom. The average Bonchev–Trinajstić information content (AvgIpc) is 2.79. The van der Waals surface area contributed by atoms with Crippen LogP contribution in [0, 0.1) is 0 Å². The quantitative estimate of drug-likeness (QED) is 0.832. The molecule has 0 saturated carbocycles. The highest BCUT2D eigenvalue weighted by Crippen LogP contribution is 2.21. The topological polar surface area (TPSA) is 69.6 Å². The van der Waals surface area contributed by atoms with Crippen LogP contribution in [0.15, 0.2) is 30.3 Å². The smallest absolute Gasteiger partial charge is 0.242 e. The monoisotopic (exact) mass is 276 g/mol. The fourth-order valence-corrected chi connectivity index (χ4v) is 2.55. The molecule has 2 amide bonds. The summed E-state index contributed by atoms with van der Waals surface area (Å²) in [5, 5.41) is 12.6. The molecular weight excluding hydrogens is 256 g/mol. The number of carbonyl (C=O) groups excluding carboxylic acids is 2. The molecule has 0 bridgehead atoms. The molecule has 5 nitrogen and oxygen atoms in total. The molecule has 0 aromatic heterocycles. The zero-order chi connectivity index (χ0) is 14.5. The first kappa shape index (κ1) is 14.5. The minimum absolute atomic E-state index is 0.00660. The van der Waals surface area contributed by atoms with Gasteiger partial charge in [0.05, 0.1) is 18.7 Å². The van der Waals surface area contributed by atoms with Crippen molar-refractivity contribution in [3.63, 3.8) is 0 Å². The summed E-state index contributed by atoms with van der Waals surface area (Å²) in [4.78, 5) is 24.6. The largest absolute Gasteiger partial charge is 0.391 e. The van der Waals surface area contributed by atoms with E-state index in [0.29, 0.717) is 19.4 Å². The Morgan fingerprint density at radius 3 is 2.70 bits per heavy atom. The second kappa shape index (κ2) is 6.52. The van der Waals surface area contributed by atoms with Crippen LogP contribution in [0.1, 0.15) is 18.9 Å². The zero-order valence-corrected chi connectivity index (χ0v) is 11.6. The van der Waals surface area contributed by atoms with E-state index in [9.17, 15) is 14.7 Å². The number of rotatable bonds is 4. The third-order valence-corrected chi connectivity index (χ3v) is 3.61. The molecule has 1 aliphatic heterocycles. The van der Waals surface area contributed by atoms with E-state index in [1.165, 1.54) is 6.92 Å². The van der Waals surface area contributed by atoms with Crippen LogP contribution < -0.4 is 5.32 Å². The van der Waals surface area contributed by atoms with E-state index in [2.05, 4.69) is 5.32 Å². The highest BCUT2D eigenvalue weighted by molar-refractivity contribution is 5.84. The number of amides is 2. The Hall–Kier alpha value is -1.88. The average molecular weight is 276 g/mol. The van der Waals surface area contributed by atoms with Gasteiger partial charge in [-0.3, -0.25) is 9.59 Å². The van der Waals surface area contributed by atoms with E-state index in [-0.39, 0.29) is 24.4 Å².